The number of aromatic nitrogens is 1. The van der Waals surface area contributed by atoms with Crippen molar-refractivity contribution in [1.29, 1.82) is 0 Å². The smallest absolute Gasteiger partial charge is 0.261 e. The largest absolute Gasteiger partial charge is 0.361 e. The summed E-state index contributed by atoms with van der Waals surface area (Å²) in [5, 5.41) is 6.57. The second-order valence-electron chi connectivity index (χ2n) is 3.66. The van der Waals surface area contributed by atoms with Gasteiger partial charge in [-0.1, -0.05) is 5.16 Å². The van der Waals surface area contributed by atoms with Gasteiger partial charge in [0.2, 0.25) is 0 Å². The van der Waals surface area contributed by atoms with E-state index in [0.29, 0.717) is 17.0 Å². The lowest BCUT2D eigenvalue weighted by molar-refractivity contribution is 0.102. The predicted octanol–water partition coefficient (Wildman–Crippen LogP) is 3.15. The lowest BCUT2D eigenvalue weighted by Gasteiger charge is -2.04. The standard InChI is InChI=1S/C12H11IN2O2/c1-7-11(8(2)17-15-7)12(16)14-10-5-3-9(13)4-6-10/h3-6H,1-2H3,(H,14,16). The highest BCUT2D eigenvalue weighted by Crippen LogP contribution is 2.16. The zero-order chi connectivity index (χ0) is 12.4. The third kappa shape index (κ3) is 2.66. The molecule has 1 heterocycles. The Kier molecular flexibility index (Phi) is 3.46. The Bertz CT molecular complexity index is 527. The summed E-state index contributed by atoms with van der Waals surface area (Å²) in [5.74, 6) is 0.341. The van der Waals surface area contributed by atoms with Gasteiger partial charge in [-0.2, -0.15) is 0 Å². The third-order valence-electron chi connectivity index (χ3n) is 2.36. The summed E-state index contributed by atoms with van der Waals surface area (Å²) in [5.41, 5.74) is 1.87. The second-order valence-corrected chi connectivity index (χ2v) is 4.91. The molecule has 0 radical (unpaired) electrons. The van der Waals surface area contributed by atoms with Crippen LogP contribution in [-0.2, 0) is 0 Å². The minimum absolute atomic E-state index is 0.192. The molecule has 0 aliphatic heterocycles. The molecule has 1 aromatic carbocycles. The van der Waals surface area contributed by atoms with Crippen molar-refractivity contribution in [3.63, 3.8) is 0 Å². The SMILES string of the molecule is Cc1noc(C)c1C(=O)Nc1ccc(I)cc1. The van der Waals surface area contributed by atoms with Gasteiger partial charge in [-0.3, -0.25) is 4.79 Å². The first-order valence-electron chi connectivity index (χ1n) is 5.07. The summed E-state index contributed by atoms with van der Waals surface area (Å²) in [6, 6.07) is 7.59. The average Bonchev–Trinajstić information content (AvgIpc) is 2.62. The van der Waals surface area contributed by atoms with Crippen LogP contribution < -0.4 is 5.32 Å². The quantitative estimate of drug-likeness (QED) is 0.853. The molecule has 0 aliphatic rings. The normalized spacial score (nSPS) is 10.3. The molecule has 88 valence electrons. The van der Waals surface area contributed by atoms with E-state index in [1.165, 1.54) is 0 Å². The van der Waals surface area contributed by atoms with Crippen LogP contribution in [0, 0.1) is 17.4 Å². The summed E-state index contributed by atoms with van der Waals surface area (Å²) in [6.07, 6.45) is 0. The molecule has 0 fully saturated rings. The van der Waals surface area contributed by atoms with Crippen LogP contribution in [0.5, 0.6) is 0 Å². The number of nitrogens with one attached hydrogen (secondary N) is 1. The van der Waals surface area contributed by atoms with Gasteiger partial charge in [0.25, 0.3) is 5.91 Å². The lowest BCUT2D eigenvalue weighted by atomic mass is 10.2. The molecule has 1 aromatic heterocycles. The van der Waals surface area contributed by atoms with Gasteiger partial charge >= 0.3 is 0 Å². The maximum absolute atomic E-state index is 12.0. The number of benzene rings is 1. The van der Waals surface area contributed by atoms with E-state index in [1.807, 2.05) is 24.3 Å². The fourth-order valence-electron chi connectivity index (χ4n) is 1.53. The van der Waals surface area contributed by atoms with Gasteiger partial charge in [-0.25, -0.2) is 0 Å². The topological polar surface area (TPSA) is 55.1 Å². The summed E-state index contributed by atoms with van der Waals surface area (Å²) < 4.78 is 6.08. The monoisotopic (exact) mass is 342 g/mol. The molecule has 0 aliphatic carbocycles. The highest BCUT2D eigenvalue weighted by atomic mass is 127. The zero-order valence-electron chi connectivity index (χ0n) is 9.45. The number of halogens is 1. The molecule has 2 rings (SSSR count). The third-order valence-corrected chi connectivity index (χ3v) is 3.08. The molecule has 1 N–H and O–H groups in total. The van der Waals surface area contributed by atoms with Gasteiger partial charge in [0.15, 0.2) is 0 Å². The molecular weight excluding hydrogens is 331 g/mol. The molecule has 0 bridgehead atoms. The maximum Gasteiger partial charge on any atom is 0.261 e. The van der Waals surface area contributed by atoms with Gasteiger partial charge in [0, 0.05) is 9.26 Å². The first-order valence-corrected chi connectivity index (χ1v) is 6.15. The number of rotatable bonds is 2. The van der Waals surface area contributed by atoms with Gasteiger partial charge in [0.05, 0.1) is 5.69 Å². The van der Waals surface area contributed by atoms with Crippen LogP contribution in [0.2, 0.25) is 0 Å². The molecule has 1 amide bonds. The number of aryl methyl sites for hydroxylation is 2. The Labute approximate surface area is 113 Å². The highest BCUT2D eigenvalue weighted by molar-refractivity contribution is 14.1. The highest BCUT2D eigenvalue weighted by Gasteiger charge is 2.17. The van der Waals surface area contributed by atoms with Crippen molar-refractivity contribution in [2.75, 3.05) is 5.32 Å². The van der Waals surface area contributed by atoms with Crippen LogP contribution in [0.15, 0.2) is 28.8 Å². The average molecular weight is 342 g/mol. The molecule has 0 unspecified atom stereocenters. The molecule has 5 heteroatoms. The van der Waals surface area contributed by atoms with E-state index in [-0.39, 0.29) is 5.91 Å². The second kappa shape index (κ2) is 4.87. The van der Waals surface area contributed by atoms with E-state index in [2.05, 4.69) is 33.1 Å². The number of carbonyl (C=O) groups is 1. The molecule has 0 saturated carbocycles. The van der Waals surface area contributed by atoms with E-state index in [4.69, 9.17) is 4.52 Å². The van der Waals surface area contributed by atoms with E-state index in [1.54, 1.807) is 13.8 Å². The van der Waals surface area contributed by atoms with Gasteiger partial charge in [-0.05, 0) is 60.7 Å². The van der Waals surface area contributed by atoms with Crippen LogP contribution in [0.25, 0.3) is 0 Å². The summed E-state index contributed by atoms with van der Waals surface area (Å²) in [4.78, 5) is 12.0. The van der Waals surface area contributed by atoms with Gasteiger partial charge < -0.3 is 9.84 Å². The number of carbonyl (C=O) groups excluding carboxylic acids is 1. The number of nitrogens with zero attached hydrogens (tertiary/aromatic N) is 1. The number of amides is 1. The molecule has 0 atom stereocenters. The van der Waals surface area contributed by atoms with Crippen molar-refractivity contribution in [3.05, 3.63) is 44.9 Å². The van der Waals surface area contributed by atoms with Gasteiger partial charge in [0.1, 0.15) is 11.3 Å². The van der Waals surface area contributed by atoms with Crippen molar-refractivity contribution in [1.82, 2.24) is 5.16 Å². The van der Waals surface area contributed by atoms with E-state index in [0.717, 1.165) is 9.26 Å². The van der Waals surface area contributed by atoms with Crippen LogP contribution in [0.1, 0.15) is 21.8 Å². The van der Waals surface area contributed by atoms with E-state index < -0.39 is 0 Å². The minimum Gasteiger partial charge on any atom is -0.361 e. The van der Waals surface area contributed by atoms with Crippen LogP contribution >= 0.6 is 22.6 Å². The summed E-state index contributed by atoms with van der Waals surface area (Å²) >= 11 is 2.21. The molecule has 0 spiro atoms. The number of anilines is 1. The van der Waals surface area contributed by atoms with Crippen molar-refractivity contribution in [3.8, 4) is 0 Å². The molecule has 17 heavy (non-hydrogen) atoms. The zero-order valence-corrected chi connectivity index (χ0v) is 11.6. The van der Waals surface area contributed by atoms with Crippen LogP contribution in [0.3, 0.4) is 0 Å². The summed E-state index contributed by atoms with van der Waals surface area (Å²) in [6.45, 7) is 3.47. The summed E-state index contributed by atoms with van der Waals surface area (Å²) in [7, 11) is 0. The van der Waals surface area contributed by atoms with Crippen molar-refractivity contribution < 1.29 is 9.32 Å². The Balaban J connectivity index is 2.20. The van der Waals surface area contributed by atoms with Gasteiger partial charge in [-0.15, -0.1) is 0 Å². The first-order chi connectivity index (χ1) is 8.08. The molecular formula is C12H11IN2O2. The Morgan fingerprint density at radius 1 is 1.29 bits per heavy atom. The fourth-order valence-corrected chi connectivity index (χ4v) is 1.89. The maximum atomic E-state index is 12.0. The van der Waals surface area contributed by atoms with Crippen molar-refractivity contribution in [2.24, 2.45) is 0 Å². The number of hydrogen-bond acceptors (Lipinski definition) is 3. The van der Waals surface area contributed by atoms with Crippen molar-refractivity contribution in [2.45, 2.75) is 13.8 Å². The van der Waals surface area contributed by atoms with Crippen LogP contribution in [0.4, 0.5) is 5.69 Å². The Morgan fingerprint density at radius 2 is 1.94 bits per heavy atom. The minimum atomic E-state index is -0.192. The number of hydrogen-bond donors (Lipinski definition) is 1. The fraction of sp³-hybridized carbons (Fsp3) is 0.167. The lowest BCUT2D eigenvalue weighted by Crippen LogP contribution is -2.13. The Morgan fingerprint density at radius 3 is 2.47 bits per heavy atom. The molecule has 4 nitrogen and oxygen atoms in total. The molecule has 0 saturated heterocycles. The molecule has 2 aromatic rings. The Hall–Kier alpha value is -1.37. The predicted molar refractivity (Wildman–Crippen MR) is 73.1 cm³/mol. The van der Waals surface area contributed by atoms with E-state index >= 15 is 0 Å². The van der Waals surface area contributed by atoms with E-state index in [9.17, 15) is 4.79 Å². The first kappa shape index (κ1) is 12.1. The van der Waals surface area contributed by atoms with Crippen molar-refractivity contribution >= 4 is 34.2 Å². The van der Waals surface area contributed by atoms with Crippen LogP contribution in [-0.4, -0.2) is 11.1 Å².